The first-order chi connectivity index (χ1) is 8.67. The molecule has 0 spiro atoms. The van der Waals surface area contributed by atoms with E-state index in [9.17, 15) is 8.42 Å². The van der Waals surface area contributed by atoms with E-state index in [-0.39, 0.29) is 24.1 Å². The highest BCUT2D eigenvalue weighted by Crippen LogP contribution is 2.17. The van der Waals surface area contributed by atoms with Crippen LogP contribution in [0.5, 0.6) is 5.75 Å². The molecule has 0 saturated heterocycles. The van der Waals surface area contributed by atoms with E-state index in [1.807, 2.05) is 0 Å². The molecule has 4 nitrogen and oxygen atoms in total. The normalized spacial score (nSPS) is 14.1. The van der Waals surface area contributed by atoms with Gasteiger partial charge in [-0.1, -0.05) is 6.07 Å². The van der Waals surface area contributed by atoms with Crippen molar-refractivity contribution in [3.05, 3.63) is 24.3 Å². The summed E-state index contributed by atoms with van der Waals surface area (Å²) >= 11 is 7.79. The van der Waals surface area contributed by atoms with Gasteiger partial charge in [0.15, 0.2) is 11.1 Å². The second-order valence-corrected chi connectivity index (χ2v) is 6.12. The van der Waals surface area contributed by atoms with Crippen molar-refractivity contribution in [1.29, 1.82) is 0 Å². The molecule has 0 aliphatic heterocycles. The molecular weight excluding hydrogens is 319 g/mol. The predicted molar refractivity (Wildman–Crippen MR) is 73.9 cm³/mol. The van der Waals surface area contributed by atoms with Gasteiger partial charge in [-0.25, -0.2) is 8.42 Å². The minimum Gasteiger partial charge on any atom is -0.400 e. The van der Waals surface area contributed by atoms with Crippen molar-refractivity contribution in [2.75, 3.05) is 24.1 Å². The topological polar surface area (TPSA) is 52.6 Å². The van der Waals surface area contributed by atoms with Crippen molar-refractivity contribution in [3.63, 3.8) is 0 Å². The maximum Gasteiger partial charge on any atom is 0.207 e. The highest BCUT2D eigenvalue weighted by molar-refractivity contribution is 7.80. The van der Waals surface area contributed by atoms with Crippen molar-refractivity contribution in [2.45, 2.75) is 4.90 Å². The third-order valence-electron chi connectivity index (χ3n) is 1.70. The molecule has 0 saturated carbocycles. The van der Waals surface area contributed by atoms with Crippen LogP contribution in [0, 0.1) is 0 Å². The molecule has 102 valence electrons. The predicted octanol–water partition coefficient (Wildman–Crippen LogP) is 2.25. The van der Waals surface area contributed by atoms with Gasteiger partial charge in [-0.3, -0.25) is 4.18 Å². The van der Waals surface area contributed by atoms with Gasteiger partial charge in [0.25, 0.3) is 0 Å². The third-order valence-corrected chi connectivity index (χ3v) is 4.20. The molecule has 8 heteroatoms. The fourth-order valence-corrected chi connectivity index (χ4v) is 2.86. The van der Waals surface area contributed by atoms with Crippen LogP contribution in [-0.2, 0) is 26.3 Å². The van der Waals surface area contributed by atoms with Gasteiger partial charge in [0.1, 0.15) is 5.75 Å². The second kappa shape index (κ2) is 8.87. The molecule has 1 rings (SSSR count). The molecule has 2 atom stereocenters. The summed E-state index contributed by atoms with van der Waals surface area (Å²) in [7, 11) is 0. The Kier molecular flexibility index (Phi) is 7.85. The van der Waals surface area contributed by atoms with E-state index in [0.717, 1.165) is 0 Å². The van der Waals surface area contributed by atoms with Crippen LogP contribution in [-0.4, -0.2) is 32.5 Å². The number of rotatable bonds is 8. The molecule has 1 aromatic carbocycles. The molecule has 0 aromatic heterocycles. The molecule has 0 aliphatic carbocycles. The molecule has 2 unspecified atom stereocenters. The number of hydrogen-bond donors (Lipinski definition) is 0. The van der Waals surface area contributed by atoms with E-state index < -0.39 is 22.2 Å². The van der Waals surface area contributed by atoms with E-state index >= 15 is 0 Å². The van der Waals surface area contributed by atoms with Crippen molar-refractivity contribution < 1.29 is 16.8 Å². The monoisotopic (exact) mass is 330 g/mol. The lowest BCUT2D eigenvalue weighted by Gasteiger charge is -2.06. The highest BCUT2D eigenvalue weighted by Gasteiger charge is 2.08. The molecule has 0 heterocycles. The van der Waals surface area contributed by atoms with E-state index in [1.54, 1.807) is 18.2 Å². The number of benzene rings is 1. The zero-order chi connectivity index (χ0) is 13.4. The highest BCUT2D eigenvalue weighted by atomic mass is 35.5. The Labute approximate surface area is 121 Å². The van der Waals surface area contributed by atoms with Gasteiger partial charge >= 0.3 is 0 Å². The SMILES string of the molecule is O=S(CCCl)Oc1cccc(S(=O)OCCCl)c1. The second-order valence-electron chi connectivity index (χ2n) is 3.00. The molecule has 0 bridgehead atoms. The largest absolute Gasteiger partial charge is 0.400 e. The molecule has 0 aliphatic rings. The fraction of sp³-hybridized carbons (Fsp3) is 0.400. The van der Waals surface area contributed by atoms with Crippen molar-refractivity contribution in [2.24, 2.45) is 0 Å². The van der Waals surface area contributed by atoms with Gasteiger partial charge < -0.3 is 4.18 Å². The first kappa shape index (κ1) is 15.9. The van der Waals surface area contributed by atoms with Crippen LogP contribution < -0.4 is 4.18 Å². The lowest BCUT2D eigenvalue weighted by Crippen LogP contribution is -2.07. The third kappa shape index (κ3) is 5.67. The van der Waals surface area contributed by atoms with Crippen LogP contribution in [0.2, 0.25) is 0 Å². The number of halogens is 2. The van der Waals surface area contributed by atoms with Crippen LogP contribution in [0.4, 0.5) is 0 Å². The Hall–Kier alpha value is -0.140. The summed E-state index contributed by atoms with van der Waals surface area (Å²) in [5.74, 6) is 1.11. The summed E-state index contributed by atoms with van der Waals surface area (Å²) in [5.41, 5.74) is 0. The maximum atomic E-state index is 11.6. The van der Waals surface area contributed by atoms with Gasteiger partial charge in [0.2, 0.25) is 11.1 Å². The first-order valence-electron chi connectivity index (χ1n) is 5.01. The number of hydrogen-bond acceptors (Lipinski definition) is 4. The standard InChI is InChI=1S/C10H12Cl2O4S2/c11-4-6-15-18(14)10-3-1-2-9(8-10)16-17(13)7-5-12/h1-3,8H,4-7H2. The Bertz CT molecular complexity index is 428. The van der Waals surface area contributed by atoms with Crippen LogP contribution in [0.3, 0.4) is 0 Å². The molecule has 0 N–H and O–H groups in total. The Balaban J connectivity index is 2.67. The molecule has 0 fully saturated rings. The molecule has 0 radical (unpaired) electrons. The van der Waals surface area contributed by atoms with Crippen molar-refractivity contribution in [1.82, 2.24) is 0 Å². The summed E-state index contributed by atoms with van der Waals surface area (Å²) in [6, 6.07) is 6.40. The van der Waals surface area contributed by atoms with Crippen LogP contribution >= 0.6 is 23.2 Å². The Morgan fingerprint density at radius 3 is 2.61 bits per heavy atom. The number of alkyl halides is 2. The van der Waals surface area contributed by atoms with E-state index in [2.05, 4.69) is 0 Å². The summed E-state index contributed by atoms with van der Waals surface area (Å²) in [6.07, 6.45) is 0. The fourth-order valence-electron chi connectivity index (χ4n) is 1.02. The van der Waals surface area contributed by atoms with E-state index in [4.69, 9.17) is 31.6 Å². The smallest absolute Gasteiger partial charge is 0.207 e. The summed E-state index contributed by atoms with van der Waals surface area (Å²) < 4.78 is 33.1. The van der Waals surface area contributed by atoms with Crippen LogP contribution in [0.1, 0.15) is 0 Å². The minimum atomic E-state index is -1.60. The average Bonchev–Trinajstić information content (AvgIpc) is 2.36. The van der Waals surface area contributed by atoms with Crippen LogP contribution in [0.15, 0.2) is 29.2 Å². The zero-order valence-corrected chi connectivity index (χ0v) is 12.5. The van der Waals surface area contributed by atoms with Gasteiger partial charge in [-0.15, -0.1) is 23.2 Å². The summed E-state index contributed by atoms with van der Waals surface area (Å²) in [5, 5.41) is 0. The molecule has 1 aromatic rings. The lowest BCUT2D eigenvalue weighted by molar-refractivity contribution is 0.374. The van der Waals surface area contributed by atoms with Gasteiger partial charge in [-0.2, -0.15) is 0 Å². The van der Waals surface area contributed by atoms with Crippen molar-refractivity contribution in [3.8, 4) is 5.75 Å². The first-order valence-corrected chi connectivity index (χ1v) is 8.40. The maximum absolute atomic E-state index is 11.6. The average molecular weight is 331 g/mol. The Morgan fingerprint density at radius 1 is 1.17 bits per heavy atom. The quantitative estimate of drug-likeness (QED) is 0.686. The Morgan fingerprint density at radius 2 is 1.94 bits per heavy atom. The molecule has 0 amide bonds. The summed E-state index contributed by atoms with van der Waals surface area (Å²) in [6.45, 7) is 0.192. The van der Waals surface area contributed by atoms with E-state index in [0.29, 0.717) is 10.6 Å². The zero-order valence-electron chi connectivity index (χ0n) is 9.34. The summed E-state index contributed by atoms with van der Waals surface area (Å²) in [4.78, 5) is 0.431. The van der Waals surface area contributed by atoms with Gasteiger partial charge in [0, 0.05) is 17.8 Å². The van der Waals surface area contributed by atoms with Gasteiger partial charge in [0.05, 0.1) is 17.3 Å². The lowest BCUT2D eigenvalue weighted by atomic mass is 10.3. The minimum absolute atomic E-state index is 0.192. The van der Waals surface area contributed by atoms with Gasteiger partial charge in [-0.05, 0) is 12.1 Å². The molecular formula is C10H12Cl2O4S2. The van der Waals surface area contributed by atoms with E-state index in [1.165, 1.54) is 6.07 Å². The van der Waals surface area contributed by atoms with Crippen molar-refractivity contribution >= 4 is 45.4 Å². The molecule has 18 heavy (non-hydrogen) atoms. The van der Waals surface area contributed by atoms with Crippen LogP contribution in [0.25, 0.3) is 0 Å².